The van der Waals surface area contributed by atoms with Gasteiger partial charge in [-0.15, -0.1) is 0 Å². The molecule has 2 aromatic carbocycles. The van der Waals surface area contributed by atoms with Gasteiger partial charge in [0.2, 0.25) is 5.91 Å². The number of hydrogen-bond donors (Lipinski definition) is 0. The molecule has 30 heavy (non-hydrogen) atoms. The summed E-state index contributed by atoms with van der Waals surface area (Å²) in [7, 11) is 0. The zero-order valence-electron chi connectivity index (χ0n) is 17.8. The standard InChI is InChI=1S/C24H28N2O3S/c1-4-28-19-9-7-18(8-10-19)15-21(27)26-13-11-20(12-14-26)29-24-25-22-16(2)5-6-17(3)23(22)30-24/h5-10,20H,4,11-15H2,1-3H3. The van der Waals surface area contributed by atoms with Crippen molar-refractivity contribution in [2.75, 3.05) is 19.7 Å². The highest BCUT2D eigenvalue weighted by atomic mass is 32.1. The number of piperidine rings is 1. The number of thiazole rings is 1. The van der Waals surface area contributed by atoms with Crippen molar-refractivity contribution in [1.82, 2.24) is 9.88 Å². The second kappa shape index (κ2) is 9.04. The van der Waals surface area contributed by atoms with Gasteiger partial charge in [-0.25, -0.2) is 4.98 Å². The Kier molecular flexibility index (Phi) is 6.23. The molecule has 1 fully saturated rings. The lowest BCUT2D eigenvalue weighted by atomic mass is 10.1. The summed E-state index contributed by atoms with van der Waals surface area (Å²) < 4.78 is 12.9. The molecule has 0 unspecified atom stereocenters. The predicted octanol–water partition coefficient (Wildman–Crippen LogP) is 4.92. The molecule has 1 aliphatic heterocycles. The van der Waals surface area contributed by atoms with Crippen LogP contribution >= 0.6 is 11.3 Å². The molecule has 3 aromatic rings. The Labute approximate surface area is 181 Å². The van der Waals surface area contributed by atoms with Gasteiger partial charge >= 0.3 is 0 Å². The normalized spacial score (nSPS) is 14.8. The first kappa shape index (κ1) is 20.7. The lowest BCUT2D eigenvalue weighted by molar-refractivity contribution is -0.132. The topological polar surface area (TPSA) is 51.7 Å². The summed E-state index contributed by atoms with van der Waals surface area (Å²) in [6.45, 7) is 8.25. The van der Waals surface area contributed by atoms with E-state index in [0.717, 1.165) is 48.0 Å². The summed E-state index contributed by atoms with van der Waals surface area (Å²) in [6.07, 6.45) is 2.21. The molecule has 0 radical (unpaired) electrons. The number of hydrogen-bond acceptors (Lipinski definition) is 5. The second-order valence-corrected chi connectivity index (χ2v) is 8.77. The number of fused-ring (bicyclic) bond motifs is 1. The molecule has 5 nitrogen and oxygen atoms in total. The van der Waals surface area contributed by atoms with Crippen molar-refractivity contribution in [2.24, 2.45) is 0 Å². The van der Waals surface area contributed by atoms with Crippen LogP contribution in [0.5, 0.6) is 10.9 Å². The summed E-state index contributed by atoms with van der Waals surface area (Å²) in [5.74, 6) is 1.01. The van der Waals surface area contributed by atoms with Crippen LogP contribution in [-0.2, 0) is 11.2 Å². The number of rotatable bonds is 6. The van der Waals surface area contributed by atoms with Gasteiger partial charge in [-0.3, -0.25) is 4.79 Å². The fourth-order valence-electron chi connectivity index (χ4n) is 3.81. The number of nitrogens with zero attached hydrogens (tertiary/aromatic N) is 2. The van der Waals surface area contributed by atoms with Crippen LogP contribution in [0.3, 0.4) is 0 Å². The Bertz CT molecular complexity index is 982. The van der Waals surface area contributed by atoms with E-state index < -0.39 is 0 Å². The minimum absolute atomic E-state index is 0.112. The van der Waals surface area contributed by atoms with Crippen LogP contribution in [0.15, 0.2) is 36.4 Å². The number of likely N-dealkylation sites (tertiary alicyclic amines) is 1. The van der Waals surface area contributed by atoms with Crippen molar-refractivity contribution in [3.8, 4) is 10.9 Å². The van der Waals surface area contributed by atoms with Crippen LogP contribution in [0.1, 0.15) is 36.5 Å². The van der Waals surface area contributed by atoms with Crippen LogP contribution in [0.2, 0.25) is 0 Å². The first-order valence-electron chi connectivity index (χ1n) is 10.6. The zero-order chi connectivity index (χ0) is 21.1. The smallest absolute Gasteiger partial charge is 0.274 e. The van der Waals surface area contributed by atoms with E-state index >= 15 is 0 Å². The van der Waals surface area contributed by atoms with Crippen LogP contribution < -0.4 is 9.47 Å². The third kappa shape index (κ3) is 4.59. The molecule has 1 aliphatic rings. The Morgan fingerprint density at radius 2 is 1.80 bits per heavy atom. The average Bonchev–Trinajstić information content (AvgIpc) is 3.18. The highest BCUT2D eigenvalue weighted by Crippen LogP contribution is 2.33. The van der Waals surface area contributed by atoms with E-state index in [4.69, 9.17) is 14.5 Å². The molecule has 0 bridgehead atoms. The second-order valence-electron chi connectivity index (χ2n) is 7.81. The number of aromatic nitrogens is 1. The Morgan fingerprint density at radius 1 is 1.10 bits per heavy atom. The number of amides is 1. The van der Waals surface area contributed by atoms with Gasteiger partial charge in [0.15, 0.2) is 0 Å². The molecule has 1 saturated heterocycles. The maximum Gasteiger partial charge on any atom is 0.274 e. The van der Waals surface area contributed by atoms with Gasteiger partial charge in [-0.05, 0) is 49.6 Å². The van der Waals surface area contributed by atoms with E-state index in [2.05, 4.69) is 26.0 Å². The molecule has 158 valence electrons. The number of ether oxygens (including phenoxy) is 2. The monoisotopic (exact) mass is 424 g/mol. The van der Waals surface area contributed by atoms with E-state index in [1.807, 2.05) is 36.1 Å². The number of aryl methyl sites for hydroxylation is 2. The lowest BCUT2D eigenvalue weighted by Gasteiger charge is -2.31. The summed E-state index contributed by atoms with van der Waals surface area (Å²) in [5, 5.41) is 0.738. The third-order valence-corrected chi connectivity index (χ3v) is 6.66. The number of benzene rings is 2. The molecular formula is C24H28N2O3S. The third-order valence-electron chi connectivity index (χ3n) is 5.57. The molecule has 4 rings (SSSR count). The van der Waals surface area contributed by atoms with Gasteiger partial charge in [0.1, 0.15) is 11.9 Å². The molecule has 0 spiro atoms. The van der Waals surface area contributed by atoms with Gasteiger partial charge in [-0.2, -0.15) is 0 Å². The molecule has 0 aliphatic carbocycles. The van der Waals surface area contributed by atoms with Crippen LogP contribution in [0.25, 0.3) is 10.2 Å². The zero-order valence-corrected chi connectivity index (χ0v) is 18.6. The van der Waals surface area contributed by atoms with Crippen molar-refractivity contribution in [2.45, 2.75) is 46.1 Å². The number of carbonyl (C=O) groups excluding carboxylic acids is 1. The van der Waals surface area contributed by atoms with Gasteiger partial charge < -0.3 is 14.4 Å². The fraction of sp³-hybridized carbons (Fsp3) is 0.417. The quantitative estimate of drug-likeness (QED) is 0.563. The Balaban J connectivity index is 1.31. The maximum absolute atomic E-state index is 12.7. The van der Waals surface area contributed by atoms with E-state index in [1.165, 1.54) is 15.8 Å². The van der Waals surface area contributed by atoms with Crippen molar-refractivity contribution >= 4 is 27.5 Å². The lowest BCUT2D eigenvalue weighted by Crippen LogP contribution is -2.42. The largest absolute Gasteiger partial charge is 0.494 e. The molecule has 1 amide bonds. The summed E-state index contributed by atoms with van der Waals surface area (Å²) >= 11 is 1.62. The molecule has 0 atom stereocenters. The minimum atomic E-state index is 0.112. The van der Waals surface area contributed by atoms with E-state index in [1.54, 1.807) is 11.3 Å². The van der Waals surface area contributed by atoms with Gasteiger partial charge in [0, 0.05) is 25.9 Å². The highest BCUT2D eigenvalue weighted by Gasteiger charge is 2.25. The van der Waals surface area contributed by atoms with E-state index in [-0.39, 0.29) is 12.0 Å². The van der Waals surface area contributed by atoms with Crippen molar-refractivity contribution < 1.29 is 14.3 Å². The Morgan fingerprint density at radius 3 is 2.47 bits per heavy atom. The minimum Gasteiger partial charge on any atom is -0.494 e. The van der Waals surface area contributed by atoms with Gasteiger partial charge in [-0.1, -0.05) is 35.6 Å². The highest BCUT2D eigenvalue weighted by molar-refractivity contribution is 7.20. The van der Waals surface area contributed by atoms with E-state index in [9.17, 15) is 4.79 Å². The molecule has 0 N–H and O–H groups in total. The average molecular weight is 425 g/mol. The van der Waals surface area contributed by atoms with Crippen LogP contribution in [0, 0.1) is 13.8 Å². The van der Waals surface area contributed by atoms with Crippen molar-refractivity contribution in [3.63, 3.8) is 0 Å². The molecule has 1 aromatic heterocycles. The SMILES string of the molecule is CCOc1ccc(CC(=O)N2CCC(Oc3nc4c(C)ccc(C)c4s3)CC2)cc1. The molecular weight excluding hydrogens is 396 g/mol. The summed E-state index contributed by atoms with van der Waals surface area (Å²) in [5.41, 5.74) is 4.47. The summed E-state index contributed by atoms with van der Waals surface area (Å²) in [4.78, 5) is 19.3. The maximum atomic E-state index is 12.7. The molecule has 0 saturated carbocycles. The van der Waals surface area contributed by atoms with Gasteiger partial charge in [0.05, 0.1) is 23.2 Å². The fourth-order valence-corrected chi connectivity index (χ4v) is 4.84. The van der Waals surface area contributed by atoms with Gasteiger partial charge in [0.25, 0.3) is 5.19 Å². The predicted molar refractivity (Wildman–Crippen MR) is 121 cm³/mol. The van der Waals surface area contributed by atoms with E-state index in [0.29, 0.717) is 13.0 Å². The molecule has 2 heterocycles. The number of carbonyl (C=O) groups is 1. The molecule has 6 heteroatoms. The Hall–Kier alpha value is -2.60. The summed E-state index contributed by atoms with van der Waals surface area (Å²) in [6, 6.07) is 12.0. The first-order chi connectivity index (χ1) is 14.5. The van der Waals surface area contributed by atoms with Crippen molar-refractivity contribution in [3.05, 3.63) is 53.1 Å². The van der Waals surface area contributed by atoms with Crippen molar-refractivity contribution in [1.29, 1.82) is 0 Å². The van der Waals surface area contributed by atoms with Crippen LogP contribution in [0.4, 0.5) is 0 Å². The van der Waals surface area contributed by atoms with Crippen LogP contribution in [-0.4, -0.2) is 41.6 Å². The first-order valence-corrected chi connectivity index (χ1v) is 11.4.